The summed E-state index contributed by atoms with van der Waals surface area (Å²) < 4.78 is 29.7. The average molecular weight is 251 g/mol. The van der Waals surface area contributed by atoms with Gasteiger partial charge in [-0.1, -0.05) is 24.3 Å². The average Bonchev–Trinajstić information content (AvgIpc) is 2.76. The predicted octanol–water partition coefficient (Wildman–Crippen LogP) is 2.58. The summed E-state index contributed by atoms with van der Waals surface area (Å²) in [6.07, 6.45) is 2.86. The second-order valence-electron chi connectivity index (χ2n) is 4.35. The fourth-order valence-electron chi connectivity index (χ4n) is 1.79. The van der Waals surface area contributed by atoms with Crippen LogP contribution in [-0.2, 0) is 13.0 Å². The maximum Gasteiger partial charge on any atom is 0.330 e. The van der Waals surface area contributed by atoms with Gasteiger partial charge in [-0.2, -0.15) is 8.78 Å². The fraction of sp³-hybridized carbons (Fsp3) is 0.308. The molecule has 3 nitrogen and oxygen atoms in total. The third-order valence-electron chi connectivity index (χ3n) is 2.90. The molecule has 2 N–H and O–H groups in total. The minimum Gasteiger partial charge on any atom is -0.333 e. The summed E-state index contributed by atoms with van der Waals surface area (Å²) in [5, 5.41) is 0. The van der Waals surface area contributed by atoms with Crippen LogP contribution in [-0.4, -0.2) is 9.55 Å². The molecule has 1 aromatic carbocycles. The van der Waals surface area contributed by atoms with E-state index in [-0.39, 0.29) is 17.4 Å². The van der Waals surface area contributed by atoms with Crippen molar-refractivity contribution in [3.8, 4) is 0 Å². The highest BCUT2D eigenvalue weighted by Crippen LogP contribution is 2.34. The number of aromatic nitrogens is 2. The Morgan fingerprint density at radius 1 is 1.28 bits per heavy atom. The number of rotatable bonds is 3. The van der Waals surface area contributed by atoms with Gasteiger partial charge < -0.3 is 10.3 Å². The van der Waals surface area contributed by atoms with Crippen LogP contribution in [0.3, 0.4) is 0 Å². The van der Waals surface area contributed by atoms with Gasteiger partial charge in [0.2, 0.25) is 0 Å². The van der Waals surface area contributed by atoms with Crippen molar-refractivity contribution in [2.75, 3.05) is 0 Å². The van der Waals surface area contributed by atoms with E-state index in [0.29, 0.717) is 0 Å². The molecule has 1 unspecified atom stereocenters. The van der Waals surface area contributed by atoms with Gasteiger partial charge in [-0.15, -0.1) is 0 Å². The number of benzene rings is 1. The zero-order valence-electron chi connectivity index (χ0n) is 10.3. The lowest BCUT2D eigenvalue weighted by Gasteiger charge is -2.17. The number of hydrogen-bond donors (Lipinski definition) is 1. The van der Waals surface area contributed by atoms with Crippen molar-refractivity contribution < 1.29 is 8.78 Å². The summed E-state index contributed by atoms with van der Waals surface area (Å²) in [6.45, 7) is 1.81. The molecular weight excluding hydrogens is 236 g/mol. The SMILES string of the molecule is CC(N)c1ccc(C(F)(F)c2nccn2C)cc1. The highest BCUT2D eigenvalue weighted by atomic mass is 19.3. The maximum absolute atomic E-state index is 14.2. The van der Waals surface area contributed by atoms with E-state index in [2.05, 4.69) is 4.98 Å². The fourth-order valence-corrected chi connectivity index (χ4v) is 1.79. The first-order valence-corrected chi connectivity index (χ1v) is 5.64. The number of alkyl halides is 2. The lowest BCUT2D eigenvalue weighted by Crippen LogP contribution is -2.20. The topological polar surface area (TPSA) is 43.8 Å². The van der Waals surface area contributed by atoms with Crippen LogP contribution < -0.4 is 5.73 Å². The van der Waals surface area contributed by atoms with Crippen molar-refractivity contribution in [2.45, 2.75) is 18.9 Å². The van der Waals surface area contributed by atoms with Gasteiger partial charge in [0.15, 0.2) is 5.82 Å². The summed E-state index contributed by atoms with van der Waals surface area (Å²) in [7, 11) is 1.55. The van der Waals surface area contributed by atoms with Crippen LogP contribution in [0.2, 0.25) is 0 Å². The van der Waals surface area contributed by atoms with E-state index in [1.807, 2.05) is 6.92 Å². The number of halogens is 2. The molecule has 96 valence electrons. The normalized spacial score (nSPS) is 13.6. The second kappa shape index (κ2) is 4.49. The first kappa shape index (κ1) is 12.7. The summed E-state index contributed by atoms with van der Waals surface area (Å²) in [6, 6.07) is 5.87. The Hall–Kier alpha value is -1.75. The van der Waals surface area contributed by atoms with Crippen LogP contribution >= 0.6 is 0 Å². The predicted molar refractivity (Wildman–Crippen MR) is 65.2 cm³/mol. The summed E-state index contributed by atoms with van der Waals surface area (Å²) in [5.74, 6) is -3.37. The van der Waals surface area contributed by atoms with E-state index in [4.69, 9.17) is 5.73 Å². The van der Waals surface area contributed by atoms with Gasteiger partial charge in [0.1, 0.15) is 0 Å². The highest BCUT2D eigenvalue weighted by molar-refractivity contribution is 5.31. The molecule has 0 bridgehead atoms. The molecule has 0 fully saturated rings. The minimum absolute atomic E-state index is 0.0822. The Labute approximate surface area is 104 Å². The Balaban J connectivity index is 2.39. The van der Waals surface area contributed by atoms with E-state index in [1.54, 1.807) is 19.2 Å². The van der Waals surface area contributed by atoms with Gasteiger partial charge in [-0.25, -0.2) is 4.98 Å². The van der Waals surface area contributed by atoms with Crippen LogP contribution in [0.1, 0.15) is 29.9 Å². The van der Waals surface area contributed by atoms with Crippen LogP contribution in [0.5, 0.6) is 0 Å². The van der Waals surface area contributed by atoms with Crippen LogP contribution in [0.4, 0.5) is 8.78 Å². The molecule has 0 saturated heterocycles. The van der Waals surface area contributed by atoms with Gasteiger partial charge in [-0.3, -0.25) is 0 Å². The first-order valence-electron chi connectivity index (χ1n) is 5.64. The Bertz CT molecular complexity index is 529. The van der Waals surface area contributed by atoms with Crippen LogP contribution in [0.25, 0.3) is 0 Å². The van der Waals surface area contributed by atoms with E-state index in [0.717, 1.165) is 5.56 Å². The van der Waals surface area contributed by atoms with Gasteiger partial charge in [-0.05, 0) is 12.5 Å². The molecule has 0 aliphatic rings. The Morgan fingerprint density at radius 2 is 1.89 bits per heavy atom. The molecule has 2 rings (SSSR count). The Morgan fingerprint density at radius 3 is 2.33 bits per heavy atom. The zero-order chi connectivity index (χ0) is 13.3. The van der Waals surface area contributed by atoms with Gasteiger partial charge in [0.25, 0.3) is 0 Å². The third-order valence-corrected chi connectivity index (χ3v) is 2.90. The number of nitrogens with zero attached hydrogens (tertiary/aromatic N) is 2. The van der Waals surface area contributed by atoms with Crippen molar-refractivity contribution in [2.24, 2.45) is 12.8 Å². The summed E-state index contributed by atoms with van der Waals surface area (Å²) in [5.41, 5.74) is 6.43. The molecule has 1 aromatic heterocycles. The van der Waals surface area contributed by atoms with Crippen molar-refractivity contribution >= 4 is 0 Å². The molecule has 0 radical (unpaired) electrons. The van der Waals surface area contributed by atoms with E-state index >= 15 is 0 Å². The zero-order valence-corrected chi connectivity index (χ0v) is 10.3. The van der Waals surface area contributed by atoms with Gasteiger partial charge in [0.05, 0.1) is 0 Å². The molecule has 18 heavy (non-hydrogen) atoms. The molecule has 0 spiro atoms. The van der Waals surface area contributed by atoms with Crippen molar-refractivity contribution in [1.82, 2.24) is 9.55 Å². The molecule has 0 aliphatic heterocycles. The smallest absolute Gasteiger partial charge is 0.330 e. The standard InChI is InChI=1S/C13H15F2N3/c1-9(16)10-3-5-11(6-4-10)13(14,15)12-17-7-8-18(12)2/h3-9H,16H2,1-2H3. The monoisotopic (exact) mass is 251 g/mol. The molecule has 0 aliphatic carbocycles. The van der Waals surface area contributed by atoms with Gasteiger partial charge in [0, 0.05) is 31.0 Å². The van der Waals surface area contributed by atoms with Gasteiger partial charge >= 0.3 is 5.92 Å². The van der Waals surface area contributed by atoms with Crippen LogP contribution in [0, 0.1) is 0 Å². The number of hydrogen-bond acceptors (Lipinski definition) is 2. The lowest BCUT2D eigenvalue weighted by atomic mass is 10.0. The maximum atomic E-state index is 14.2. The number of nitrogens with two attached hydrogens (primary N) is 1. The van der Waals surface area contributed by atoms with Crippen molar-refractivity contribution in [1.29, 1.82) is 0 Å². The summed E-state index contributed by atoms with van der Waals surface area (Å²) >= 11 is 0. The molecule has 0 saturated carbocycles. The number of aryl methyl sites for hydroxylation is 1. The molecule has 1 heterocycles. The van der Waals surface area contributed by atoms with E-state index in [9.17, 15) is 8.78 Å². The molecular formula is C13H15F2N3. The van der Waals surface area contributed by atoms with Crippen molar-refractivity contribution in [3.05, 3.63) is 53.6 Å². The minimum atomic E-state index is -3.10. The van der Waals surface area contributed by atoms with Crippen LogP contribution in [0.15, 0.2) is 36.7 Å². The first-order chi connectivity index (χ1) is 8.43. The quantitative estimate of drug-likeness (QED) is 0.911. The summed E-state index contributed by atoms with van der Waals surface area (Å²) in [4.78, 5) is 3.71. The molecule has 0 amide bonds. The van der Waals surface area contributed by atoms with E-state index in [1.165, 1.54) is 29.1 Å². The molecule has 2 aromatic rings. The highest BCUT2D eigenvalue weighted by Gasteiger charge is 2.37. The van der Waals surface area contributed by atoms with E-state index < -0.39 is 5.92 Å². The second-order valence-corrected chi connectivity index (χ2v) is 4.35. The third kappa shape index (κ3) is 2.13. The Kier molecular flexibility index (Phi) is 3.17. The molecule has 1 atom stereocenters. The largest absolute Gasteiger partial charge is 0.333 e. The molecule has 5 heteroatoms. The van der Waals surface area contributed by atoms with Crippen molar-refractivity contribution in [3.63, 3.8) is 0 Å². The lowest BCUT2D eigenvalue weighted by molar-refractivity contribution is 0.0300. The number of imidazole rings is 1.